The van der Waals surface area contributed by atoms with E-state index in [-0.39, 0.29) is 0 Å². The van der Waals surface area contributed by atoms with Gasteiger partial charge < -0.3 is 0 Å². The lowest BCUT2D eigenvalue weighted by Crippen LogP contribution is -1.86. The standard InChI is InChI=1S/C25H15N/c1-2-6-21-16(4-1)7-8-17-9-10-18-11-12-19-13-14-20-5-3-15-26-25(20)24(19)23(18)22(17)21/h1-15H. The summed E-state index contributed by atoms with van der Waals surface area (Å²) in [5.74, 6) is 0. The van der Waals surface area contributed by atoms with Crippen LogP contribution in [0.3, 0.4) is 0 Å². The molecule has 0 bridgehead atoms. The van der Waals surface area contributed by atoms with Gasteiger partial charge in [0.1, 0.15) is 0 Å². The largest absolute Gasteiger partial charge is 0.256 e. The van der Waals surface area contributed by atoms with Gasteiger partial charge in [0.25, 0.3) is 0 Å². The summed E-state index contributed by atoms with van der Waals surface area (Å²) in [5, 5.41) is 11.4. The second kappa shape index (κ2) is 5.03. The molecule has 0 aliphatic heterocycles. The van der Waals surface area contributed by atoms with Crippen LogP contribution in [0.15, 0.2) is 91.1 Å². The van der Waals surface area contributed by atoms with Crippen molar-refractivity contribution in [3.8, 4) is 0 Å². The van der Waals surface area contributed by atoms with E-state index in [1.54, 1.807) is 0 Å². The minimum absolute atomic E-state index is 1.08. The van der Waals surface area contributed by atoms with E-state index in [0.717, 1.165) is 5.52 Å². The fraction of sp³-hybridized carbons (Fsp3) is 0. The van der Waals surface area contributed by atoms with E-state index in [1.165, 1.54) is 48.5 Å². The summed E-state index contributed by atoms with van der Waals surface area (Å²) in [6, 6.07) is 30.5. The zero-order valence-corrected chi connectivity index (χ0v) is 14.1. The SMILES string of the molecule is c1ccc2c(c1)ccc1ccc3ccc4ccc5cccnc5c4c3c12. The van der Waals surface area contributed by atoms with Crippen molar-refractivity contribution in [1.29, 1.82) is 0 Å². The van der Waals surface area contributed by atoms with Gasteiger partial charge in [-0.05, 0) is 38.4 Å². The zero-order chi connectivity index (χ0) is 17.1. The number of hydrogen-bond donors (Lipinski definition) is 0. The van der Waals surface area contributed by atoms with E-state index in [1.807, 2.05) is 12.3 Å². The van der Waals surface area contributed by atoms with Crippen LogP contribution in [0.5, 0.6) is 0 Å². The molecular weight excluding hydrogens is 314 g/mol. The monoisotopic (exact) mass is 329 g/mol. The third-order valence-electron chi connectivity index (χ3n) is 5.44. The Morgan fingerprint density at radius 3 is 1.81 bits per heavy atom. The van der Waals surface area contributed by atoms with Crippen molar-refractivity contribution in [3.63, 3.8) is 0 Å². The maximum absolute atomic E-state index is 4.75. The molecule has 1 heterocycles. The van der Waals surface area contributed by atoms with Gasteiger partial charge in [-0.15, -0.1) is 0 Å². The summed E-state index contributed by atoms with van der Waals surface area (Å²) in [5.41, 5.74) is 1.08. The fourth-order valence-electron chi connectivity index (χ4n) is 4.26. The molecule has 0 N–H and O–H groups in total. The van der Waals surface area contributed by atoms with Crippen molar-refractivity contribution in [2.45, 2.75) is 0 Å². The smallest absolute Gasteiger partial charge is 0.0786 e. The molecule has 1 nitrogen and oxygen atoms in total. The quantitative estimate of drug-likeness (QED) is 0.278. The summed E-state index contributed by atoms with van der Waals surface area (Å²) in [7, 11) is 0. The lowest BCUT2D eigenvalue weighted by molar-refractivity contribution is 1.43. The van der Waals surface area contributed by atoms with Crippen molar-refractivity contribution >= 4 is 54.0 Å². The molecule has 0 amide bonds. The molecule has 1 aromatic heterocycles. The zero-order valence-electron chi connectivity index (χ0n) is 14.1. The van der Waals surface area contributed by atoms with E-state index >= 15 is 0 Å². The van der Waals surface area contributed by atoms with Crippen molar-refractivity contribution in [2.75, 3.05) is 0 Å². The molecule has 0 saturated heterocycles. The van der Waals surface area contributed by atoms with Gasteiger partial charge in [0.15, 0.2) is 0 Å². The molecular formula is C25H15N. The molecule has 0 radical (unpaired) electrons. The normalized spacial score (nSPS) is 11.8. The van der Waals surface area contributed by atoms with Gasteiger partial charge in [0.05, 0.1) is 5.52 Å². The predicted molar refractivity (Wildman–Crippen MR) is 112 cm³/mol. The van der Waals surface area contributed by atoms with Crippen molar-refractivity contribution in [1.82, 2.24) is 4.98 Å². The van der Waals surface area contributed by atoms with Crippen LogP contribution in [-0.4, -0.2) is 4.98 Å². The number of hydrogen-bond acceptors (Lipinski definition) is 1. The number of nitrogens with zero attached hydrogens (tertiary/aromatic N) is 1. The Bertz CT molecular complexity index is 1360. The van der Waals surface area contributed by atoms with Gasteiger partial charge in [-0.3, -0.25) is 4.98 Å². The number of pyridine rings is 1. The Morgan fingerprint density at radius 1 is 0.423 bits per heavy atom. The van der Waals surface area contributed by atoms with Crippen LogP contribution >= 0.6 is 0 Å². The van der Waals surface area contributed by atoms with Crippen LogP contribution in [0.2, 0.25) is 0 Å². The van der Waals surface area contributed by atoms with Crippen LogP contribution in [-0.2, 0) is 0 Å². The topological polar surface area (TPSA) is 12.9 Å². The Kier molecular flexibility index (Phi) is 2.67. The highest BCUT2D eigenvalue weighted by molar-refractivity contribution is 6.31. The van der Waals surface area contributed by atoms with Gasteiger partial charge in [0, 0.05) is 22.4 Å². The van der Waals surface area contributed by atoms with E-state index in [4.69, 9.17) is 4.98 Å². The molecule has 0 aliphatic rings. The average Bonchev–Trinajstić information content (AvgIpc) is 2.72. The molecule has 0 atom stereocenters. The van der Waals surface area contributed by atoms with Gasteiger partial charge in [-0.25, -0.2) is 0 Å². The Morgan fingerprint density at radius 2 is 1.00 bits per heavy atom. The highest BCUT2D eigenvalue weighted by Gasteiger charge is 2.11. The Hall–Kier alpha value is -3.45. The number of aromatic nitrogens is 1. The minimum Gasteiger partial charge on any atom is -0.256 e. The van der Waals surface area contributed by atoms with Crippen molar-refractivity contribution < 1.29 is 0 Å². The molecule has 0 spiro atoms. The lowest BCUT2D eigenvalue weighted by Gasteiger charge is -2.12. The third kappa shape index (κ3) is 1.77. The van der Waals surface area contributed by atoms with Crippen LogP contribution in [0.25, 0.3) is 54.0 Å². The van der Waals surface area contributed by atoms with Gasteiger partial charge >= 0.3 is 0 Å². The van der Waals surface area contributed by atoms with E-state index < -0.39 is 0 Å². The molecule has 1 heteroatoms. The first-order valence-electron chi connectivity index (χ1n) is 8.91. The summed E-state index contributed by atoms with van der Waals surface area (Å²) in [6.45, 7) is 0. The molecule has 26 heavy (non-hydrogen) atoms. The molecule has 6 rings (SSSR count). The summed E-state index contributed by atoms with van der Waals surface area (Å²) >= 11 is 0. The highest BCUT2D eigenvalue weighted by atomic mass is 14.6. The summed E-state index contributed by atoms with van der Waals surface area (Å²) in [6.07, 6.45) is 1.89. The van der Waals surface area contributed by atoms with Crippen LogP contribution in [0.4, 0.5) is 0 Å². The Balaban J connectivity index is 2.03. The maximum Gasteiger partial charge on any atom is 0.0786 e. The predicted octanol–water partition coefficient (Wildman–Crippen LogP) is 6.85. The first kappa shape index (κ1) is 13.8. The second-order valence-corrected chi connectivity index (χ2v) is 6.85. The molecule has 0 saturated carbocycles. The first-order valence-corrected chi connectivity index (χ1v) is 8.91. The third-order valence-corrected chi connectivity index (χ3v) is 5.44. The van der Waals surface area contributed by atoms with Crippen LogP contribution in [0.1, 0.15) is 0 Å². The maximum atomic E-state index is 4.75. The van der Waals surface area contributed by atoms with E-state index in [2.05, 4.69) is 78.9 Å². The molecule has 120 valence electrons. The minimum atomic E-state index is 1.08. The average molecular weight is 329 g/mol. The van der Waals surface area contributed by atoms with Gasteiger partial charge in [-0.2, -0.15) is 0 Å². The van der Waals surface area contributed by atoms with Crippen molar-refractivity contribution in [3.05, 3.63) is 91.1 Å². The molecule has 5 aromatic carbocycles. The van der Waals surface area contributed by atoms with Crippen LogP contribution in [0, 0.1) is 0 Å². The molecule has 0 fully saturated rings. The summed E-state index contributed by atoms with van der Waals surface area (Å²) in [4.78, 5) is 4.75. The Labute approximate surface area is 150 Å². The summed E-state index contributed by atoms with van der Waals surface area (Å²) < 4.78 is 0. The number of benzene rings is 5. The van der Waals surface area contributed by atoms with Gasteiger partial charge in [0.2, 0.25) is 0 Å². The molecule has 0 unspecified atom stereocenters. The first-order chi connectivity index (χ1) is 12.9. The lowest BCUT2D eigenvalue weighted by atomic mass is 9.92. The number of fused-ring (bicyclic) bond motifs is 9. The van der Waals surface area contributed by atoms with Gasteiger partial charge in [-0.1, -0.05) is 78.9 Å². The second-order valence-electron chi connectivity index (χ2n) is 6.85. The van der Waals surface area contributed by atoms with Crippen molar-refractivity contribution in [2.24, 2.45) is 0 Å². The van der Waals surface area contributed by atoms with E-state index in [0.29, 0.717) is 0 Å². The fourth-order valence-corrected chi connectivity index (χ4v) is 4.26. The number of rotatable bonds is 0. The molecule has 0 aliphatic carbocycles. The van der Waals surface area contributed by atoms with Crippen LogP contribution < -0.4 is 0 Å². The molecule has 6 aromatic rings. The van der Waals surface area contributed by atoms with E-state index in [9.17, 15) is 0 Å². The highest BCUT2D eigenvalue weighted by Crippen LogP contribution is 2.38.